The van der Waals surface area contributed by atoms with E-state index < -0.39 is 11.4 Å². The van der Waals surface area contributed by atoms with Gasteiger partial charge in [-0.25, -0.2) is 4.90 Å². The number of carboxylic acid groups (broad SMARTS) is 1. The number of nitrogens with zero attached hydrogens (tertiary/aromatic N) is 3. The van der Waals surface area contributed by atoms with Crippen LogP contribution in [-0.2, 0) is 14.4 Å². The van der Waals surface area contributed by atoms with Crippen molar-refractivity contribution in [2.45, 2.75) is 31.5 Å². The average Bonchev–Trinajstić information content (AvgIpc) is 2.92. The lowest BCUT2D eigenvalue weighted by Crippen LogP contribution is -2.36. The van der Waals surface area contributed by atoms with Crippen LogP contribution in [0, 0.1) is 11.3 Å². The summed E-state index contributed by atoms with van der Waals surface area (Å²) in [7, 11) is 0. The predicted octanol–water partition coefficient (Wildman–Crippen LogP) is 1.64. The second-order valence-electron chi connectivity index (χ2n) is 5.32. The average molecular weight is 329 g/mol. The number of carbonyl (C=O) groups excluding carboxylic acids is 2. The van der Waals surface area contributed by atoms with Crippen LogP contribution < -0.4 is 4.90 Å². The van der Waals surface area contributed by atoms with Gasteiger partial charge >= 0.3 is 5.97 Å². The van der Waals surface area contributed by atoms with E-state index in [1.165, 1.54) is 0 Å². The minimum atomic E-state index is -0.961. The molecule has 1 aromatic heterocycles. The molecule has 0 aliphatic carbocycles. The first-order valence-corrected chi connectivity index (χ1v) is 8.11. The van der Waals surface area contributed by atoms with Gasteiger partial charge in [-0.05, 0) is 12.8 Å². The van der Waals surface area contributed by atoms with E-state index in [1.807, 2.05) is 13.8 Å². The lowest BCUT2D eigenvalue weighted by Gasteiger charge is -2.25. The molecule has 1 N–H and O–H groups in total. The Kier molecular flexibility index (Phi) is 4.33. The van der Waals surface area contributed by atoms with E-state index in [-0.39, 0.29) is 35.0 Å². The molecule has 1 atom stereocenters. The van der Waals surface area contributed by atoms with Gasteiger partial charge in [0.2, 0.25) is 16.9 Å². The Morgan fingerprint density at radius 1 is 1.48 bits per heavy atom. The maximum atomic E-state index is 12.5. The number of hydrogen-bond acceptors (Lipinski definition) is 7. The van der Waals surface area contributed by atoms with Crippen molar-refractivity contribution in [3.63, 3.8) is 0 Å². The smallest absolute Gasteiger partial charge is 0.313 e. The van der Waals surface area contributed by atoms with E-state index in [9.17, 15) is 14.4 Å². The third-order valence-corrected chi connectivity index (χ3v) is 5.67. The normalized spacial score (nSPS) is 22.4. The number of hydrogen-bond donors (Lipinski definition) is 1. The standard InChI is InChI=1S/C12H15N3O4S2/c1-6(2)12(3)4-7(16)15(9(12)19)10-13-14-11(21-10)20-5-8(17)18/h6H,4-5H2,1-3H3,(H,17,18). The van der Waals surface area contributed by atoms with Crippen molar-refractivity contribution in [2.75, 3.05) is 10.7 Å². The Balaban J connectivity index is 2.21. The SMILES string of the molecule is CC(C)C1(C)CC(=O)N(c2nnc(SCC(=O)O)s2)C1=O. The molecule has 2 heterocycles. The molecule has 1 fully saturated rings. The summed E-state index contributed by atoms with van der Waals surface area (Å²) in [6, 6.07) is 0. The highest BCUT2D eigenvalue weighted by molar-refractivity contribution is 8.01. The first-order valence-electron chi connectivity index (χ1n) is 6.31. The fraction of sp³-hybridized carbons (Fsp3) is 0.583. The van der Waals surface area contributed by atoms with Crippen molar-refractivity contribution in [3.8, 4) is 0 Å². The molecule has 0 spiro atoms. The lowest BCUT2D eigenvalue weighted by molar-refractivity contribution is -0.134. The van der Waals surface area contributed by atoms with E-state index in [0.717, 1.165) is 28.0 Å². The Bertz CT molecular complexity index is 601. The fourth-order valence-electron chi connectivity index (χ4n) is 1.96. The summed E-state index contributed by atoms with van der Waals surface area (Å²) in [5.74, 6) is -1.62. The second-order valence-corrected chi connectivity index (χ2v) is 7.49. The Morgan fingerprint density at radius 3 is 2.67 bits per heavy atom. The minimum Gasteiger partial charge on any atom is -0.481 e. The lowest BCUT2D eigenvalue weighted by atomic mass is 9.78. The number of thioether (sulfide) groups is 1. The van der Waals surface area contributed by atoms with Gasteiger partial charge in [0.15, 0.2) is 4.34 Å². The molecule has 1 saturated heterocycles. The highest BCUT2D eigenvalue weighted by atomic mass is 32.2. The molecule has 1 aromatic rings. The molecule has 9 heteroatoms. The zero-order chi connectivity index (χ0) is 15.8. The zero-order valence-electron chi connectivity index (χ0n) is 11.8. The molecule has 0 bridgehead atoms. The van der Waals surface area contributed by atoms with Crippen molar-refractivity contribution < 1.29 is 19.5 Å². The molecule has 2 amide bonds. The topological polar surface area (TPSA) is 100 Å². The maximum Gasteiger partial charge on any atom is 0.313 e. The van der Waals surface area contributed by atoms with Gasteiger partial charge in [-0.3, -0.25) is 14.4 Å². The summed E-state index contributed by atoms with van der Waals surface area (Å²) >= 11 is 2.07. The van der Waals surface area contributed by atoms with Crippen LogP contribution in [0.5, 0.6) is 0 Å². The number of imide groups is 1. The predicted molar refractivity (Wildman–Crippen MR) is 78.3 cm³/mol. The van der Waals surface area contributed by atoms with E-state index in [1.54, 1.807) is 6.92 Å². The number of amides is 2. The number of carbonyl (C=O) groups is 3. The molecular formula is C12H15N3O4S2. The minimum absolute atomic E-state index is 0.0349. The monoisotopic (exact) mass is 329 g/mol. The summed E-state index contributed by atoms with van der Waals surface area (Å²) in [5, 5.41) is 16.5. The van der Waals surface area contributed by atoms with Gasteiger partial charge in [0.1, 0.15) is 0 Å². The van der Waals surface area contributed by atoms with Crippen molar-refractivity contribution in [1.82, 2.24) is 10.2 Å². The molecular weight excluding hydrogens is 314 g/mol. The summed E-state index contributed by atoms with van der Waals surface area (Å²) in [5.41, 5.74) is -0.725. The number of anilines is 1. The maximum absolute atomic E-state index is 12.5. The molecule has 21 heavy (non-hydrogen) atoms. The molecule has 1 aliphatic heterocycles. The second kappa shape index (κ2) is 5.72. The molecule has 1 aliphatic rings. The molecule has 0 saturated carbocycles. The highest BCUT2D eigenvalue weighted by Gasteiger charge is 2.51. The first kappa shape index (κ1) is 15.9. The Hall–Kier alpha value is -1.48. The largest absolute Gasteiger partial charge is 0.481 e. The van der Waals surface area contributed by atoms with Crippen molar-refractivity contribution >= 4 is 46.0 Å². The highest BCUT2D eigenvalue weighted by Crippen LogP contribution is 2.42. The summed E-state index contributed by atoms with van der Waals surface area (Å²) in [6.45, 7) is 5.59. The molecule has 7 nitrogen and oxygen atoms in total. The summed E-state index contributed by atoms with van der Waals surface area (Å²) in [6.07, 6.45) is 0.153. The summed E-state index contributed by atoms with van der Waals surface area (Å²) in [4.78, 5) is 36.2. The quantitative estimate of drug-likeness (QED) is 0.498. The van der Waals surface area contributed by atoms with Gasteiger partial charge in [0, 0.05) is 6.42 Å². The van der Waals surface area contributed by atoms with Crippen LogP contribution in [0.2, 0.25) is 0 Å². The number of aromatic nitrogens is 2. The fourth-order valence-corrected chi connectivity index (χ4v) is 3.53. The van der Waals surface area contributed by atoms with E-state index in [4.69, 9.17) is 5.11 Å². The van der Waals surface area contributed by atoms with Crippen molar-refractivity contribution in [2.24, 2.45) is 11.3 Å². The van der Waals surface area contributed by atoms with E-state index >= 15 is 0 Å². The van der Waals surface area contributed by atoms with Crippen LogP contribution in [0.3, 0.4) is 0 Å². The molecule has 0 radical (unpaired) electrons. The van der Waals surface area contributed by atoms with Crippen LogP contribution in [0.1, 0.15) is 27.2 Å². The first-order chi connectivity index (χ1) is 9.75. The molecule has 114 valence electrons. The van der Waals surface area contributed by atoms with Gasteiger partial charge in [0.25, 0.3) is 0 Å². The zero-order valence-corrected chi connectivity index (χ0v) is 13.5. The van der Waals surface area contributed by atoms with Gasteiger partial charge in [-0.1, -0.05) is 36.9 Å². The molecule has 2 rings (SSSR count). The number of rotatable bonds is 5. The third-order valence-electron chi connectivity index (χ3n) is 3.64. The van der Waals surface area contributed by atoms with Crippen LogP contribution in [0.4, 0.5) is 5.13 Å². The van der Waals surface area contributed by atoms with Crippen LogP contribution in [0.25, 0.3) is 0 Å². The van der Waals surface area contributed by atoms with Gasteiger partial charge in [0.05, 0.1) is 11.2 Å². The van der Waals surface area contributed by atoms with Gasteiger partial charge in [-0.15, -0.1) is 10.2 Å². The number of aliphatic carboxylic acids is 1. The van der Waals surface area contributed by atoms with Crippen molar-refractivity contribution in [3.05, 3.63) is 0 Å². The van der Waals surface area contributed by atoms with Crippen LogP contribution in [0.15, 0.2) is 4.34 Å². The Morgan fingerprint density at radius 2 is 2.14 bits per heavy atom. The van der Waals surface area contributed by atoms with Crippen LogP contribution in [-0.4, -0.2) is 38.8 Å². The van der Waals surface area contributed by atoms with E-state index in [0.29, 0.717) is 4.34 Å². The third kappa shape index (κ3) is 2.93. The molecule has 0 aromatic carbocycles. The summed E-state index contributed by atoms with van der Waals surface area (Å²) < 4.78 is 0.422. The van der Waals surface area contributed by atoms with E-state index in [2.05, 4.69) is 10.2 Å². The Labute approximate surface area is 129 Å². The molecule has 1 unspecified atom stereocenters. The van der Waals surface area contributed by atoms with Crippen molar-refractivity contribution in [1.29, 1.82) is 0 Å². The van der Waals surface area contributed by atoms with Gasteiger partial charge < -0.3 is 5.11 Å². The number of carboxylic acids is 1. The van der Waals surface area contributed by atoms with Crippen LogP contribution >= 0.6 is 23.1 Å². The van der Waals surface area contributed by atoms with Gasteiger partial charge in [-0.2, -0.15) is 0 Å².